The Morgan fingerprint density at radius 1 is 1.71 bits per heavy atom. The third-order valence-corrected chi connectivity index (χ3v) is 3.56. The van der Waals surface area contributed by atoms with Crippen LogP contribution in [0, 0.1) is 11.3 Å². The molecule has 5 heteroatoms. The fraction of sp³-hybridized carbons (Fsp3) is 0.667. The molecule has 0 spiro atoms. The lowest BCUT2D eigenvalue weighted by Gasteiger charge is -2.44. The molecule has 0 unspecified atom stereocenters. The molecule has 0 radical (unpaired) electrons. The van der Waals surface area contributed by atoms with Crippen LogP contribution < -0.4 is 11.1 Å². The third-order valence-electron chi connectivity index (χ3n) is 3.56. The number of nitrogens with two attached hydrogens (primary N) is 1. The molecule has 2 rings (SSSR count). The zero-order valence-electron chi connectivity index (χ0n) is 10.4. The van der Waals surface area contributed by atoms with Crippen molar-refractivity contribution >= 4 is 5.91 Å². The van der Waals surface area contributed by atoms with Gasteiger partial charge in [-0.1, -0.05) is 6.92 Å². The first-order valence-corrected chi connectivity index (χ1v) is 6.01. The van der Waals surface area contributed by atoms with Crippen LogP contribution in [0.15, 0.2) is 12.4 Å². The van der Waals surface area contributed by atoms with Crippen molar-refractivity contribution in [3.05, 3.63) is 18.0 Å². The van der Waals surface area contributed by atoms with E-state index in [0.29, 0.717) is 19.0 Å². The zero-order valence-corrected chi connectivity index (χ0v) is 10.4. The molecule has 5 nitrogen and oxygen atoms in total. The molecule has 1 aromatic heterocycles. The molecule has 1 fully saturated rings. The maximum absolute atomic E-state index is 12.1. The highest BCUT2D eigenvalue weighted by Gasteiger charge is 2.46. The van der Waals surface area contributed by atoms with E-state index in [2.05, 4.69) is 17.3 Å². The van der Waals surface area contributed by atoms with Crippen molar-refractivity contribution in [2.24, 2.45) is 24.1 Å². The van der Waals surface area contributed by atoms with E-state index in [1.165, 1.54) is 0 Å². The second-order valence-corrected chi connectivity index (χ2v) is 5.20. The highest BCUT2D eigenvalue weighted by Crippen LogP contribution is 2.44. The molecule has 3 N–H and O–H groups in total. The van der Waals surface area contributed by atoms with Crippen LogP contribution in [-0.2, 0) is 18.4 Å². The summed E-state index contributed by atoms with van der Waals surface area (Å²) in [6.07, 6.45) is 5.47. The Kier molecular flexibility index (Phi) is 3.19. The largest absolute Gasteiger partial charge is 0.351 e. The smallest absolute Gasteiger partial charge is 0.227 e. The molecule has 0 atom stereocenters. The fourth-order valence-corrected chi connectivity index (χ4v) is 2.65. The minimum atomic E-state index is -0.318. The van der Waals surface area contributed by atoms with Crippen molar-refractivity contribution in [2.45, 2.75) is 26.3 Å². The van der Waals surface area contributed by atoms with Gasteiger partial charge in [0.2, 0.25) is 5.91 Å². The van der Waals surface area contributed by atoms with Gasteiger partial charge in [0, 0.05) is 31.9 Å². The van der Waals surface area contributed by atoms with E-state index in [0.717, 1.165) is 18.4 Å². The Labute approximate surface area is 101 Å². The minimum Gasteiger partial charge on any atom is -0.351 e. The second kappa shape index (κ2) is 4.49. The van der Waals surface area contributed by atoms with Crippen LogP contribution in [0.4, 0.5) is 0 Å². The van der Waals surface area contributed by atoms with Gasteiger partial charge in [0.25, 0.3) is 0 Å². The lowest BCUT2D eigenvalue weighted by atomic mass is 9.62. The molecule has 1 aromatic rings. The zero-order chi connectivity index (χ0) is 12.5. The molecular formula is C12H20N4O. The first-order chi connectivity index (χ1) is 8.05. The van der Waals surface area contributed by atoms with Gasteiger partial charge >= 0.3 is 0 Å². The van der Waals surface area contributed by atoms with Gasteiger partial charge in [-0.3, -0.25) is 9.48 Å². The number of aryl methyl sites for hydroxylation is 1. The second-order valence-electron chi connectivity index (χ2n) is 5.20. The van der Waals surface area contributed by atoms with Gasteiger partial charge in [-0.15, -0.1) is 0 Å². The highest BCUT2D eigenvalue weighted by molar-refractivity contribution is 5.83. The summed E-state index contributed by atoms with van der Waals surface area (Å²) in [6.45, 7) is 3.13. The van der Waals surface area contributed by atoms with Crippen molar-refractivity contribution in [3.63, 3.8) is 0 Å². The first-order valence-electron chi connectivity index (χ1n) is 6.01. The van der Waals surface area contributed by atoms with E-state index in [1.807, 2.05) is 13.2 Å². The molecule has 1 heterocycles. The number of hydrogen-bond acceptors (Lipinski definition) is 3. The monoisotopic (exact) mass is 236 g/mol. The number of rotatable bonds is 4. The molecule has 1 aliphatic rings. The maximum Gasteiger partial charge on any atom is 0.227 e. The standard InChI is InChI=1S/C12H20N4O/c1-9-3-12(4-9,8-13)11(17)14-5-10-6-15-16(2)7-10/h6-7,9H,3-5,8,13H2,1-2H3,(H,14,17). The van der Waals surface area contributed by atoms with Crippen LogP contribution >= 0.6 is 0 Å². The average molecular weight is 236 g/mol. The third kappa shape index (κ3) is 2.34. The summed E-state index contributed by atoms with van der Waals surface area (Å²) in [4.78, 5) is 12.1. The molecule has 0 saturated heterocycles. The van der Waals surface area contributed by atoms with E-state index >= 15 is 0 Å². The fourth-order valence-electron chi connectivity index (χ4n) is 2.65. The molecular weight excluding hydrogens is 216 g/mol. The van der Waals surface area contributed by atoms with E-state index in [9.17, 15) is 4.79 Å². The summed E-state index contributed by atoms with van der Waals surface area (Å²) in [5.74, 6) is 0.699. The van der Waals surface area contributed by atoms with E-state index in [-0.39, 0.29) is 11.3 Å². The highest BCUT2D eigenvalue weighted by atomic mass is 16.2. The van der Waals surface area contributed by atoms with Crippen molar-refractivity contribution < 1.29 is 4.79 Å². The summed E-state index contributed by atoms with van der Waals surface area (Å²) in [7, 11) is 1.86. The van der Waals surface area contributed by atoms with Crippen molar-refractivity contribution in [1.82, 2.24) is 15.1 Å². The van der Waals surface area contributed by atoms with Crippen LogP contribution in [0.5, 0.6) is 0 Å². The summed E-state index contributed by atoms with van der Waals surface area (Å²) < 4.78 is 1.73. The predicted octanol–water partition coefficient (Wildman–Crippen LogP) is 0.411. The lowest BCUT2D eigenvalue weighted by Crippen LogP contribution is -2.53. The Balaban J connectivity index is 1.89. The topological polar surface area (TPSA) is 72.9 Å². The Bertz CT molecular complexity index is 406. The normalized spacial score (nSPS) is 27.6. The Morgan fingerprint density at radius 3 is 2.88 bits per heavy atom. The molecule has 94 valence electrons. The van der Waals surface area contributed by atoms with Crippen molar-refractivity contribution in [3.8, 4) is 0 Å². The first kappa shape index (κ1) is 12.1. The number of amides is 1. The number of aromatic nitrogens is 2. The van der Waals surface area contributed by atoms with E-state index < -0.39 is 0 Å². The van der Waals surface area contributed by atoms with E-state index in [4.69, 9.17) is 5.73 Å². The van der Waals surface area contributed by atoms with Gasteiger partial charge < -0.3 is 11.1 Å². The lowest BCUT2D eigenvalue weighted by molar-refractivity contribution is -0.138. The van der Waals surface area contributed by atoms with Gasteiger partial charge in [0.1, 0.15) is 0 Å². The molecule has 0 aromatic carbocycles. The summed E-state index contributed by atoms with van der Waals surface area (Å²) in [5.41, 5.74) is 6.42. The van der Waals surface area contributed by atoms with Crippen molar-refractivity contribution in [1.29, 1.82) is 0 Å². The molecule has 1 aliphatic carbocycles. The maximum atomic E-state index is 12.1. The number of carbonyl (C=O) groups excluding carboxylic acids is 1. The number of nitrogens with zero attached hydrogens (tertiary/aromatic N) is 2. The molecule has 1 amide bonds. The number of hydrogen-bond donors (Lipinski definition) is 2. The summed E-state index contributed by atoms with van der Waals surface area (Å²) >= 11 is 0. The van der Waals surface area contributed by atoms with Crippen LogP contribution in [0.25, 0.3) is 0 Å². The summed E-state index contributed by atoms with van der Waals surface area (Å²) in [6, 6.07) is 0. The van der Waals surface area contributed by atoms with Gasteiger partial charge in [-0.2, -0.15) is 5.10 Å². The number of nitrogens with one attached hydrogen (secondary N) is 1. The van der Waals surface area contributed by atoms with Gasteiger partial charge in [0.05, 0.1) is 11.6 Å². The molecule has 0 bridgehead atoms. The number of carbonyl (C=O) groups is 1. The minimum absolute atomic E-state index is 0.0851. The van der Waals surface area contributed by atoms with Crippen LogP contribution in [0.2, 0.25) is 0 Å². The molecule has 17 heavy (non-hydrogen) atoms. The van der Waals surface area contributed by atoms with Gasteiger partial charge in [-0.05, 0) is 18.8 Å². The van der Waals surface area contributed by atoms with E-state index in [1.54, 1.807) is 10.9 Å². The van der Waals surface area contributed by atoms with Gasteiger partial charge in [-0.25, -0.2) is 0 Å². The predicted molar refractivity (Wildman–Crippen MR) is 64.9 cm³/mol. The van der Waals surface area contributed by atoms with Gasteiger partial charge in [0.15, 0.2) is 0 Å². The average Bonchev–Trinajstić information content (AvgIpc) is 2.67. The van der Waals surface area contributed by atoms with Crippen molar-refractivity contribution in [2.75, 3.05) is 6.54 Å². The SMILES string of the molecule is CC1CC(CN)(C(=O)NCc2cnn(C)c2)C1. The quantitative estimate of drug-likeness (QED) is 0.795. The molecule has 0 aliphatic heterocycles. The summed E-state index contributed by atoms with van der Waals surface area (Å²) in [5, 5.41) is 7.02. The Hall–Kier alpha value is -1.36. The van der Waals surface area contributed by atoms with Crippen LogP contribution in [-0.4, -0.2) is 22.2 Å². The Morgan fingerprint density at radius 2 is 2.41 bits per heavy atom. The van der Waals surface area contributed by atoms with Crippen LogP contribution in [0.1, 0.15) is 25.3 Å². The van der Waals surface area contributed by atoms with Crippen LogP contribution in [0.3, 0.4) is 0 Å². The molecule has 1 saturated carbocycles.